The van der Waals surface area contributed by atoms with Gasteiger partial charge in [-0.25, -0.2) is 0 Å². The Balaban J connectivity index is 1.98. The fourth-order valence-electron chi connectivity index (χ4n) is 1.36. The fraction of sp³-hybridized carbons (Fsp3) is 0.500. The maximum absolute atomic E-state index is 4.36. The summed E-state index contributed by atoms with van der Waals surface area (Å²) in [5.74, 6) is 0. The molecule has 2 nitrogen and oxygen atoms in total. The molecule has 1 aliphatic rings. The van der Waals surface area contributed by atoms with Crippen molar-refractivity contribution in [3.63, 3.8) is 0 Å². The van der Waals surface area contributed by atoms with Crippen molar-refractivity contribution in [2.45, 2.75) is 19.9 Å². The molecular formula is C10H14N2. The van der Waals surface area contributed by atoms with E-state index in [9.17, 15) is 0 Å². The highest BCUT2D eigenvalue weighted by Crippen LogP contribution is 2.10. The molecule has 1 aromatic rings. The number of aromatic nitrogens is 1. The lowest BCUT2D eigenvalue weighted by molar-refractivity contribution is 0.170. The summed E-state index contributed by atoms with van der Waals surface area (Å²) >= 11 is 0. The molecule has 2 heteroatoms. The minimum absolute atomic E-state index is 1.03. The van der Waals surface area contributed by atoms with Gasteiger partial charge in [-0.2, -0.15) is 0 Å². The van der Waals surface area contributed by atoms with Crippen molar-refractivity contribution >= 4 is 0 Å². The molecule has 0 spiro atoms. The van der Waals surface area contributed by atoms with Crippen molar-refractivity contribution in [1.29, 1.82) is 0 Å². The zero-order chi connectivity index (χ0) is 8.39. The molecule has 2 rings (SSSR count). The van der Waals surface area contributed by atoms with Crippen LogP contribution in [-0.2, 0) is 6.54 Å². The number of hydrogen-bond donors (Lipinski definition) is 0. The zero-order valence-corrected chi connectivity index (χ0v) is 7.45. The molecule has 0 aromatic carbocycles. The molecule has 0 N–H and O–H groups in total. The van der Waals surface area contributed by atoms with Gasteiger partial charge in [-0.1, -0.05) is 6.07 Å². The van der Waals surface area contributed by atoms with Gasteiger partial charge in [-0.15, -0.1) is 0 Å². The lowest BCUT2D eigenvalue weighted by Gasteiger charge is -2.30. The first-order valence-electron chi connectivity index (χ1n) is 4.48. The Kier molecular flexibility index (Phi) is 2.09. The van der Waals surface area contributed by atoms with E-state index in [4.69, 9.17) is 0 Å². The predicted molar refractivity (Wildman–Crippen MR) is 48.9 cm³/mol. The number of rotatable bonds is 2. The van der Waals surface area contributed by atoms with Crippen LogP contribution in [0.3, 0.4) is 0 Å². The molecule has 1 aliphatic heterocycles. The van der Waals surface area contributed by atoms with Gasteiger partial charge in [0.15, 0.2) is 0 Å². The van der Waals surface area contributed by atoms with Crippen LogP contribution in [0, 0.1) is 6.92 Å². The second kappa shape index (κ2) is 3.23. The van der Waals surface area contributed by atoms with Crippen LogP contribution < -0.4 is 0 Å². The lowest BCUT2D eigenvalue weighted by Crippen LogP contribution is -2.36. The number of likely N-dealkylation sites (tertiary alicyclic amines) is 1. The number of aryl methyl sites for hydroxylation is 1. The molecule has 12 heavy (non-hydrogen) atoms. The highest BCUT2D eigenvalue weighted by atomic mass is 15.2. The smallest absolute Gasteiger partial charge is 0.0544 e. The molecule has 1 aromatic heterocycles. The highest BCUT2D eigenvalue weighted by molar-refractivity contribution is 5.12. The SMILES string of the molecule is Cc1ccc(CN2CCC2)nc1. The van der Waals surface area contributed by atoms with Gasteiger partial charge in [-0.3, -0.25) is 9.88 Å². The van der Waals surface area contributed by atoms with Crippen LogP contribution in [0.4, 0.5) is 0 Å². The van der Waals surface area contributed by atoms with Crippen LogP contribution in [0.2, 0.25) is 0 Å². The van der Waals surface area contributed by atoms with Crippen molar-refractivity contribution < 1.29 is 0 Å². The Hall–Kier alpha value is -0.890. The molecule has 0 saturated carbocycles. The van der Waals surface area contributed by atoms with Gasteiger partial charge < -0.3 is 0 Å². The summed E-state index contributed by atoms with van der Waals surface area (Å²) in [5, 5.41) is 0. The van der Waals surface area contributed by atoms with E-state index in [1.54, 1.807) is 0 Å². The summed E-state index contributed by atoms with van der Waals surface area (Å²) in [6.45, 7) is 5.59. The number of nitrogens with zero attached hydrogens (tertiary/aromatic N) is 2. The van der Waals surface area contributed by atoms with Crippen LogP contribution in [0.15, 0.2) is 18.3 Å². The molecule has 0 radical (unpaired) electrons. The third kappa shape index (κ3) is 1.64. The van der Waals surface area contributed by atoms with Crippen LogP contribution in [-0.4, -0.2) is 23.0 Å². The third-order valence-corrected chi connectivity index (χ3v) is 2.31. The minimum Gasteiger partial charge on any atom is -0.297 e. The predicted octanol–water partition coefficient (Wildman–Crippen LogP) is 1.60. The van der Waals surface area contributed by atoms with Crippen LogP contribution in [0.1, 0.15) is 17.7 Å². The number of pyridine rings is 1. The standard InChI is InChI=1S/C10H14N2/c1-9-3-4-10(11-7-9)8-12-5-2-6-12/h3-4,7H,2,5-6,8H2,1H3. The van der Waals surface area contributed by atoms with Crippen LogP contribution in [0.25, 0.3) is 0 Å². The molecule has 0 atom stereocenters. The monoisotopic (exact) mass is 162 g/mol. The van der Waals surface area contributed by atoms with Gasteiger partial charge in [0.05, 0.1) is 5.69 Å². The Morgan fingerprint density at radius 1 is 1.42 bits per heavy atom. The van der Waals surface area contributed by atoms with Gasteiger partial charge in [0, 0.05) is 12.7 Å². The first kappa shape index (κ1) is 7.74. The summed E-state index contributed by atoms with van der Waals surface area (Å²) in [6, 6.07) is 4.25. The average Bonchev–Trinajstić information content (AvgIpc) is 2.00. The zero-order valence-electron chi connectivity index (χ0n) is 7.45. The van der Waals surface area contributed by atoms with Crippen molar-refractivity contribution in [3.05, 3.63) is 29.6 Å². The molecule has 0 unspecified atom stereocenters. The summed E-state index contributed by atoms with van der Waals surface area (Å²) in [7, 11) is 0. The van der Waals surface area contributed by atoms with Gasteiger partial charge in [0.1, 0.15) is 0 Å². The quantitative estimate of drug-likeness (QED) is 0.656. The summed E-state index contributed by atoms with van der Waals surface area (Å²) in [5.41, 5.74) is 2.43. The first-order valence-corrected chi connectivity index (χ1v) is 4.48. The molecule has 0 amide bonds. The van der Waals surface area contributed by atoms with Crippen LogP contribution in [0.5, 0.6) is 0 Å². The van der Waals surface area contributed by atoms with E-state index in [1.807, 2.05) is 6.20 Å². The number of hydrogen-bond acceptors (Lipinski definition) is 2. The molecule has 64 valence electrons. The Morgan fingerprint density at radius 2 is 2.25 bits per heavy atom. The Labute approximate surface area is 73.2 Å². The van der Waals surface area contributed by atoms with Gasteiger partial charge >= 0.3 is 0 Å². The summed E-state index contributed by atoms with van der Waals surface area (Å²) in [6.07, 6.45) is 3.29. The van der Waals surface area contributed by atoms with E-state index in [0.29, 0.717) is 0 Å². The molecule has 0 aliphatic carbocycles. The molecule has 0 bridgehead atoms. The summed E-state index contributed by atoms with van der Waals surface area (Å²) < 4.78 is 0. The maximum atomic E-state index is 4.36. The fourth-order valence-corrected chi connectivity index (χ4v) is 1.36. The van der Waals surface area contributed by atoms with E-state index in [0.717, 1.165) is 6.54 Å². The first-order chi connectivity index (χ1) is 5.84. The maximum Gasteiger partial charge on any atom is 0.0544 e. The van der Waals surface area contributed by atoms with Crippen LogP contribution >= 0.6 is 0 Å². The van der Waals surface area contributed by atoms with E-state index in [-0.39, 0.29) is 0 Å². The van der Waals surface area contributed by atoms with Gasteiger partial charge in [0.25, 0.3) is 0 Å². The van der Waals surface area contributed by atoms with Crippen molar-refractivity contribution in [1.82, 2.24) is 9.88 Å². The van der Waals surface area contributed by atoms with Crippen molar-refractivity contribution in [2.75, 3.05) is 13.1 Å². The van der Waals surface area contributed by atoms with Gasteiger partial charge in [0.2, 0.25) is 0 Å². The molecular weight excluding hydrogens is 148 g/mol. The van der Waals surface area contributed by atoms with Crippen molar-refractivity contribution in [3.8, 4) is 0 Å². The summed E-state index contributed by atoms with van der Waals surface area (Å²) in [4.78, 5) is 6.77. The minimum atomic E-state index is 1.03. The highest BCUT2D eigenvalue weighted by Gasteiger charge is 2.13. The largest absolute Gasteiger partial charge is 0.297 e. The van der Waals surface area contributed by atoms with E-state index >= 15 is 0 Å². The van der Waals surface area contributed by atoms with E-state index in [1.165, 1.54) is 30.8 Å². The Morgan fingerprint density at radius 3 is 2.75 bits per heavy atom. The third-order valence-electron chi connectivity index (χ3n) is 2.31. The topological polar surface area (TPSA) is 16.1 Å². The lowest BCUT2D eigenvalue weighted by atomic mass is 10.2. The van der Waals surface area contributed by atoms with Gasteiger partial charge in [-0.05, 0) is 38.1 Å². The van der Waals surface area contributed by atoms with E-state index in [2.05, 4.69) is 28.9 Å². The van der Waals surface area contributed by atoms with E-state index < -0.39 is 0 Å². The average molecular weight is 162 g/mol. The molecule has 1 fully saturated rings. The second-order valence-electron chi connectivity index (χ2n) is 3.46. The Bertz CT molecular complexity index is 249. The van der Waals surface area contributed by atoms with Crippen molar-refractivity contribution in [2.24, 2.45) is 0 Å². The second-order valence-corrected chi connectivity index (χ2v) is 3.46. The normalized spacial score (nSPS) is 17.4. The molecule has 1 saturated heterocycles. The molecule has 2 heterocycles.